The highest BCUT2D eigenvalue weighted by Gasteiger charge is 2.23. The first-order chi connectivity index (χ1) is 13.9. The summed E-state index contributed by atoms with van der Waals surface area (Å²) in [6.45, 7) is 2.58. The van der Waals surface area contributed by atoms with E-state index in [4.69, 9.17) is 0 Å². The highest BCUT2D eigenvalue weighted by Crippen LogP contribution is 2.34. The van der Waals surface area contributed by atoms with Crippen molar-refractivity contribution in [3.8, 4) is 22.0 Å². The number of benzene rings is 1. The predicted molar refractivity (Wildman–Crippen MR) is 109 cm³/mol. The monoisotopic (exact) mass is 416 g/mol. The quantitative estimate of drug-likeness (QED) is 0.543. The third kappa shape index (κ3) is 3.96. The van der Waals surface area contributed by atoms with Gasteiger partial charge >= 0.3 is 5.97 Å². The minimum Gasteiger partial charge on any atom is -0.478 e. The molecular formula is C22H22F2N2O2S. The Balaban J connectivity index is 1.73. The molecule has 0 unspecified atom stereocenters. The van der Waals surface area contributed by atoms with Gasteiger partial charge in [-0.2, -0.15) is 0 Å². The van der Waals surface area contributed by atoms with Crippen molar-refractivity contribution in [1.29, 1.82) is 0 Å². The molecule has 152 valence electrons. The topological polar surface area (TPSA) is 55.1 Å². The normalized spacial score (nSPS) is 15.0. The number of hydrogen-bond donors (Lipinski definition) is 1. The summed E-state index contributed by atoms with van der Waals surface area (Å²) in [4.78, 5) is 16.2. The summed E-state index contributed by atoms with van der Waals surface area (Å²) in [5.41, 5.74) is 2.55. The van der Waals surface area contributed by atoms with Gasteiger partial charge in [0.1, 0.15) is 16.6 Å². The molecule has 4 rings (SSSR count). The first kappa shape index (κ1) is 19.8. The molecule has 3 aromatic rings. The molecule has 0 aliphatic heterocycles. The van der Waals surface area contributed by atoms with E-state index in [-0.39, 0.29) is 11.1 Å². The summed E-state index contributed by atoms with van der Waals surface area (Å²) in [6, 6.07) is 5.08. The van der Waals surface area contributed by atoms with Gasteiger partial charge in [0.05, 0.1) is 17.0 Å². The zero-order chi connectivity index (χ0) is 20.5. The fraction of sp³-hybridized carbons (Fsp3) is 0.364. The zero-order valence-corrected chi connectivity index (χ0v) is 16.9. The maximum Gasteiger partial charge on any atom is 0.337 e. The van der Waals surface area contributed by atoms with Gasteiger partial charge in [0, 0.05) is 29.2 Å². The van der Waals surface area contributed by atoms with Gasteiger partial charge in [-0.05, 0) is 43.9 Å². The first-order valence-electron chi connectivity index (χ1n) is 9.78. The molecule has 1 saturated carbocycles. The molecule has 0 atom stereocenters. The van der Waals surface area contributed by atoms with Gasteiger partial charge in [0.15, 0.2) is 0 Å². The highest BCUT2D eigenvalue weighted by molar-refractivity contribution is 7.13. The van der Waals surface area contributed by atoms with E-state index < -0.39 is 17.6 Å². The van der Waals surface area contributed by atoms with Gasteiger partial charge < -0.3 is 9.67 Å². The minimum atomic E-state index is -0.967. The highest BCUT2D eigenvalue weighted by atomic mass is 32.1. The van der Waals surface area contributed by atoms with E-state index in [1.807, 2.05) is 11.5 Å². The molecule has 1 fully saturated rings. The lowest BCUT2D eigenvalue weighted by Crippen LogP contribution is -2.16. The van der Waals surface area contributed by atoms with E-state index in [0.29, 0.717) is 22.3 Å². The molecule has 1 aromatic carbocycles. The van der Waals surface area contributed by atoms with Crippen LogP contribution in [0, 0.1) is 24.5 Å². The molecule has 2 heterocycles. The van der Waals surface area contributed by atoms with Crippen LogP contribution in [0.4, 0.5) is 8.78 Å². The Morgan fingerprint density at radius 3 is 2.69 bits per heavy atom. The Kier molecular flexibility index (Phi) is 5.50. The summed E-state index contributed by atoms with van der Waals surface area (Å²) in [6.07, 6.45) is 5.95. The van der Waals surface area contributed by atoms with E-state index in [1.165, 1.54) is 42.7 Å². The first-order valence-corrected chi connectivity index (χ1v) is 10.7. The van der Waals surface area contributed by atoms with Crippen LogP contribution in [-0.4, -0.2) is 20.6 Å². The van der Waals surface area contributed by atoms with Crippen molar-refractivity contribution in [1.82, 2.24) is 9.55 Å². The molecule has 1 aliphatic carbocycles. The van der Waals surface area contributed by atoms with E-state index in [1.54, 1.807) is 11.4 Å². The lowest BCUT2D eigenvalue weighted by Gasteiger charge is -2.24. The predicted octanol–water partition coefficient (Wildman–Crippen LogP) is 6.14. The molecule has 2 aromatic heterocycles. The molecule has 0 radical (unpaired) electrons. The number of carboxylic acid groups (broad SMARTS) is 1. The van der Waals surface area contributed by atoms with Crippen LogP contribution in [0.1, 0.15) is 48.2 Å². The van der Waals surface area contributed by atoms with Gasteiger partial charge in [-0.15, -0.1) is 11.3 Å². The van der Waals surface area contributed by atoms with Gasteiger partial charge in [-0.25, -0.2) is 18.6 Å². The summed E-state index contributed by atoms with van der Waals surface area (Å²) < 4.78 is 29.4. The third-order valence-electron chi connectivity index (χ3n) is 5.69. The summed E-state index contributed by atoms with van der Waals surface area (Å²) in [5, 5.41) is 11.8. The maximum atomic E-state index is 14.2. The summed E-state index contributed by atoms with van der Waals surface area (Å²) >= 11 is 1.26. The summed E-state index contributed by atoms with van der Waals surface area (Å²) in [5.74, 6) is -1.74. The second-order valence-electron chi connectivity index (χ2n) is 7.61. The minimum absolute atomic E-state index is 0.239. The van der Waals surface area contributed by atoms with Gasteiger partial charge in [-0.1, -0.05) is 19.3 Å². The molecule has 0 saturated heterocycles. The average Bonchev–Trinajstić information content (AvgIpc) is 3.28. The second-order valence-corrected chi connectivity index (χ2v) is 8.47. The average molecular weight is 416 g/mol. The Morgan fingerprint density at radius 1 is 1.24 bits per heavy atom. The molecule has 0 amide bonds. The van der Waals surface area contributed by atoms with E-state index >= 15 is 0 Å². The van der Waals surface area contributed by atoms with Gasteiger partial charge in [0.2, 0.25) is 0 Å². The van der Waals surface area contributed by atoms with E-state index in [2.05, 4.69) is 4.98 Å². The number of rotatable bonds is 5. The maximum absolute atomic E-state index is 14.2. The molecule has 7 heteroatoms. The van der Waals surface area contributed by atoms with Crippen LogP contribution in [0.2, 0.25) is 0 Å². The standard InChI is InChI=1S/C22H22F2N2O2S/c1-13-17(22(27)28)10-20(26(13)11-14-5-3-2-4-6-14)19-12-29-21(25-19)16-8-7-15(23)9-18(16)24/h7-10,12,14H,2-6,11H2,1H3,(H,27,28). The third-order valence-corrected chi connectivity index (χ3v) is 6.57. The van der Waals surface area contributed by atoms with Crippen molar-refractivity contribution in [2.45, 2.75) is 45.6 Å². The number of aromatic carboxylic acids is 1. The van der Waals surface area contributed by atoms with Crippen LogP contribution < -0.4 is 0 Å². The Morgan fingerprint density at radius 2 is 2.00 bits per heavy atom. The van der Waals surface area contributed by atoms with Crippen molar-refractivity contribution in [3.63, 3.8) is 0 Å². The van der Waals surface area contributed by atoms with Crippen molar-refractivity contribution >= 4 is 17.3 Å². The lowest BCUT2D eigenvalue weighted by molar-refractivity contribution is 0.0696. The number of carbonyl (C=O) groups is 1. The zero-order valence-electron chi connectivity index (χ0n) is 16.1. The molecule has 1 N–H and O–H groups in total. The van der Waals surface area contributed by atoms with Crippen LogP contribution in [0.5, 0.6) is 0 Å². The molecule has 0 bridgehead atoms. The van der Waals surface area contributed by atoms with Crippen LogP contribution in [0.15, 0.2) is 29.6 Å². The van der Waals surface area contributed by atoms with Crippen LogP contribution in [-0.2, 0) is 6.54 Å². The number of thiazole rings is 1. The smallest absolute Gasteiger partial charge is 0.337 e. The Bertz CT molecular complexity index is 1050. The number of carboxylic acids is 1. The molecule has 1 aliphatic rings. The van der Waals surface area contributed by atoms with Crippen molar-refractivity contribution < 1.29 is 18.7 Å². The lowest BCUT2D eigenvalue weighted by atomic mass is 9.89. The largest absolute Gasteiger partial charge is 0.478 e. The fourth-order valence-electron chi connectivity index (χ4n) is 4.12. The molecular weight excluding hydrogens is 394 g/mol. The second kappa shape index (κ2) is 8.06. The molecule has 0 spiro atoms. The number of aromatic nitrogens is 2. The van der Waals surface area contributed by atoms with Gasteiger partial charge in [-0.3, -0.25) is 0 Å². The number of halogens is 2. The Labute approximate surface area is 171 Å². The van der Waals surface area contributed by atoms with Crippen molar-refractivity contribution in [2.75, 3.05) is 0 Å². The van der Waals surface area contributed by atoms with E-state index in [9.17, 15) is 18.7 Å². The van der Waals surface area contributed by atoms with Crippen molar-refractivity contribution in [3.05, 3.63) is 52.5 Å². The molecule has 4 nitrogen and oxygen atoms in total. The van der Waals surface area contributed by atoms with E-state index in [0.717, 1.165) is 31.1 Å². The number of hydrogen-bond acceptors (Lipinski definition) is 3. The fourth-order valence-corrected chi connectivity index (χ4v) is 4.96. The van der Waals surface area contributed by atoms with Crippen molar-refractivity contribution in [2.24, 2.45) is 5.92 Å². The molecule has 29 heavy (non-hydrogen) atoms. The number of nitrogens with zero attached hydrogens (tertiary/aromatic N) is 2. The van der Waals surface area contributed by atoms with Crippen LogP contribution >= 0.6 is 11.3 Å². The summed E-state index contributed by atoms with van der Waals surface area (Å²) in [7, 11) is 0. The van der Waals surface area contributed by atoms with Gasteiger partial charge in [0.25, 0.3) is 0 Å². The van der Waals surface area contributed by atoms with Crippen LogP contribution in [0.3, 0.4) is 0 Å². The Hall–Kier alpha value is -2.54. The van der Waals surface area contributed by atoms with Crippen LogP contribution in [0.25, 0.3) is 22.0 Å². The SMILES string of the molecule is Cc1c(C(=O)O)cc(-c2csc(-c3ccc(F)cc3F)n2)n1CC1CCCCC1.